The van der Waals surface area contributed by atoms with Gasteiger partial charge in [-0.25, -0.2) is 8.42 Å². The molecule has 1 aromatic heterocycles. The summed E-state index contributed by atoms with van der Waals surface area (Å²) in [6.07, 6.45) is 5.05. The number of nitrogens with one attached hydrogen (secondary N) is 1. The van der Waals surface area contributed by atoms with Crippen molar-refractivity contribution in [2.24, 2.45) is 5.92 Å². The van der Waals surface area contributed by atoms with E-state index in [2.05, 4.69) is 15.5 Å². The molecule has 0 aliphatic heterocycles. The summed E-state index contributed by atoms with van der Waals surface area (Å²) in [5.74, 6) is -0.312. The lowest BCUT2D eigenvalue weighted by Gasteiger charge is -2.20. The molecular formula is C17H20ClN3O4S. The number of carbonyl (C=O) groups excluding carboxylic acids is 1. The Morgan fingerprint density at radius 3 is 2.65 bits per heavy atom. The highest BCUT2D eigenvalue weighted by Gasteiger charge is 2.25. The molecule has 7 nitrogen and oxygen atoms in total. The molecule has 0 radical (unpaired) electrons. The first-order chi connectivity index (χ1) is 12.5. The van der Waals surface area contributed by atoms with Gasteiger partial charge in [0.1, 0.15) is 0 Å². The van der Waals surface area contributed by atoms with Crippen LogP contribution in [-0.4, -0.2) is 24.5 Å². The van der Waals surface area contributed by atoms with Gasteiger partial charge >= 0.3 is 5.22 Å². The summed E-state index contributed by atoms with van der Waals surface area (Å²) < 4.78 is 30.1. The molecule has 1 aliphatic rings. The Bertz CT molecular complexity index is 876. The second-order valence-electron chi connectivity index (χ2n) is 6.36. The molecular weight excluding hydrogens is 378 g/mol. The van der Waals surface area contributed by atoms with Crippen molar-refractivity contribution in [3.8, 4) is 0 Å². The lowest BCUT2D eigenvalue weighted by atomic mass is 9.89. The molecule has 1 saturated carbocycles. The molecule has 1 heterocycles. The Morgan fingerprint density at radius 2 is 1.92 bits per heavy atom. The third kappa shape index (κ3) is 4.62. The van der Waals surface area contributed by atoms with Gasteiger partial charge in [-0.05, 0) is 24.5 Å². The molecule has 1 aliphatic carbocycles. The van der Waals surface area contributed by atoms with E-state index in [1.54, 1.807) is 24.3 Å². The molecule has 1 N–H and O–H groups in total. The first-order valence-electron chi connectivity index (χ1n) is 8.52. The first kappa shape index (κ1) is 18.8. The highest BCUT2D eigenvalue weighted by Crippen LogP contribution is 2.24. The van der Waals surface area contributed by atoms with Crippen molar-refractivity contribution in [2.75, 3.05) is 0 Å². The van der Waals surface area contributed by atoms with Crippen molar-refractivity contribution < 1.29 is 17.6 Å². The van der Waals surface area contributed by atoms with E-state index in [1.807, 2.05) is 0 Å². The maximum Gasteiger partial charge on any atom is 0.335 e. The summed E-state index contributed by atoms with van der Waals surface area (Å²) in [4.78, 5) is 12.1. The van der Waals surface area contributed by atoms with Crippen LogP contribution in [0.2, 0.25) is 5.02 Å². The standard InChI is InChI=1S/C17H20ClN3O4S/c18-14-9-5-4-8-13(14)11-26(23,24)17-21-20-15(25-17)10-19-16(22)12-6-2-1-3-7-12/h4-5,8-9,12H,1-3,6-7,10-11H2,(H,19,22). The molecule has 1 fully saturated rings. The molecule has 9 heteroatoms. The molecule has 140 valence electrons. The molecule has 0 atom stereocenters. The van der Waals surface area contributed by atoms with Crippen LogP contribution in [0, 0.1) is 5.92 Å². The number of nitrogens with zero attached hydrogens (tertiary/aromatic N) is 2. The third-order valence-electron chi connectivity index (χ3n) is 4.41. The Morgan fingerprint density at radius 1 is 1.19 bits per heavy atom. The predicted octanol–water partition coefficient (Wildman–Crippen LogP) is 2.89. The SMILES string of the molecule is O=C(NCc1nnc(S(=O)(=O)Cc2ccccc2Cl)o1)C1CCCCC1. The lowest BCUT2D eigenvalue weighted by molar-refractivity contribution is -0.126. The number of rotatable bonds is 6. The minimum absolute atomic E-state index is 0.00935. The van der Waals surface area contributed by atoms with Crippen LogP contribution in [0.1, 0.15) is 43.6 Å². The van der Waals surface area contributed by atoms with Crippen LogP contribution in [0.25, 0.3) is 0 Å². The van der Waals surface area contributed by atoms with Crippen molar-refractivity contribution in [3.05, 3.63) is 40.7 Å². The highest BCUT2D eigenvalue weighted by molar-refractivity contribution is 7.90. The number of halogens is 1. The Labute approximate surface area is 157 Å². The van der Waals surface area contributed by atoms with Gasteiger partial charge in [-0.15, -0.1) is 5.10 Å². The van der Waals surface area contributed by atoms with Gasteiger partial charge in [0, 0.05) is 10.9 Å². The second kappa shape index (κ2) is 8.18. The van der Waals surface area contributed by atoms with Crippen LogP contribution in [0.4, 0.5) is 0 Å². The number of amides is 1. The monoisotopic (exact) mass is 397 g/mol. The van der Waals surface area contributed by atoms with Gasteiger partial charge in [-0.2, -0.15) is 0 Å². The van der Waals surface area contributed by atoms with Crippen LogP contribution in [0.5, 0.6) is 0 Å². The average molecular weight is 398 g/mol. The minimum atomic E-state index is -3.81. The quantitative estimate of drug-likeness (QED) is 0.803. The smallest absolute Gasteiger partial charge is 0.335 e. The number of hydrogen-bond donors (Lipinski definition) is 1. The molecule has 2 aromatic rings. The topological polar surface area (TPSA) is 102 Å². The van der Waals surface area contributed by atoms with Crippen molar-refractivity contribution in [1.82, 2.24) is 15.5 Å². The van der Waals surface area contributed by atoms with E-state index in [0.29, 0.717) is 10.6 Å². The summed E-state index contributed by atoms with van der Waals surface area (Å²) in [6.45, 7) is 0.0178. The fourth-order valence-corrected chi connectivity index (χ4v) is 4.44. The van der Waals surface area contributed by atoms with Crippen molar-refractivity contribution in [2.45, 2.75) is 49.6 Å². The van der Waals surface area contributed by atoms with Crippen LogP contribution in [0.3, 0.4) is 0 Å². The van der Waals surface area contributed by atoms with Gasteiger partial charge in [0.25, 0.3) is 0 Å². The van der Waals surface area contributed by atoms with Crippen LogP contribution in [0.15, 0.2) is 33.9 Å². The van der Waals surface area contributed by atoms with Gasteiger partial charge in [0.2, 0.25) is 21.6 Å². The Balaban J connectivity index is 1.61. The van der Waals surface area contributed by atoms with Gasteiger partial charge in [-0.1, -0.05) is 54.2 Å². The van der Waals surface area contributed by atoms with Crippen molar-refractivity contribution in [3.63, 3.8) is 0 Å². The maximum absolute atomic E-state index is 12.4. The number of aromatic nitrogens is 2. The summed E-state index contributed by atoms with van der Waals surface area (Å²) in [5, 5.41) is 9.95. The molecule has 0 spiro atoms. The van der Waals surface area contributed by atoms with Gasteiger partial charge in [-0.3, -0.25) is 4.79 Å². The normalized spacial score (nSPS) is 15.7. The lowest BCUT2D eigenvalue weighted by Crippen LogP contribution is -2.31. The summed E-state index contributed by atoms with van der Waals surface area (Å²) in [7, 11) is -3.81. The highest BCUT2D eigenvalue weighted by atomic mass is 35.5. The Kier molecular flexibility index (Phi) is 5.93. The zero-order valence-electron chi connectivity index (χ0n) is 14.2. The summed E-state index contributed by atoms with van der Waals surface area (Å²) in [5.41, 5.74) is 0.458. The molecule has 26 heavy (non-hydrogen) atoms. The number of hydrogen-bond acceptors (Lipinski definition) is 6. The summed E-state index contributed by atoms with van der Waals surface area (Å²) >= 11 is 6.00. The van der Waals surface area contributed by atoms with Gasteiger partial charge < -0.3 is 9.73 Å². The maximum atomic E-state index is 12.4. The van der Waals surface area contributed by atoms with E-state index in [0.717, 1.165) is 25.7 Å². The number of carbonyl (C=O) groups is 1. The fraction of sp³-hybridized carbons (Fsp3) is 0.471. The minimum Gasteiger partial charge on any atom is -0.411 e. The fourth-order valence-electron chi connectivity index (χ4n) is 2.99. The van der Waals surface area contributed by atoms with E-state index in [1.165, 1.54) is 6.42 Å². The number of sulfone groups is 1. The van der Waals surface area contributed by atoms with Crippen molar-refractivity contribution >= 4 is 27.3 Å². The summed E-state index contributed by atoms with van der Waals surface area (Å²) in [6, 6.07) is 6.67. The third-order valence-corrected chi connectivity index (χ3v) is 6.16. The first-order valence-corrected chi connectivity index (χ1v) is 10.5. The van der Waals surface area contributed by atoms with E-state index in [-0.39, 0.29) is 30.0 Å². The Hall–Kier alpha value is -1.93. The van der Waals surface area contributed by atoms with Crippen LogP contribution < -0.4 is 5.32 Å². The average Bonchev–Trinajstić information content (AvgIpc) is 3.12. The number of benzene rings is 1. The molecule has 0 saturated heterocycles. The van der Waals surface area contributed by atoms with E-state index >= 15 is 0 Å². The molecule has 3 rings (SSSR count). The zero-order chi connectivity index (χ0) is 18.6. The second-order valence-corrected chi connectivity index (χ2v) is 8.64. The van der Waals surface area contributed by atoms with E-state index < -0.39 is 15.1 Å². The van der Waals surface area contributed by atoms with Crippen LogP contribution >= 0.6 is 11.6 Å². The molecule has 0 unspecified atom stereocenters. The molecule has 0 bridgehead atoms. The van der Waals surface area contributed by atoms with Crippen LogP contribution in [-0.2, 0) is 26.9 Å². The van der Waals surface area contributed by atoms with E-state index in [9.17, 15) is 13.2 Å². The van der Waals surface area contributed by atoms with Gasteiger partial charge in [0.05, 0.1) is 12.3 Å². The molecule has 1 aromatic carbocycles. The zero-order valence-corrected chi connectivity index (χ0v) is 15.7. The largest absolute Gasteiger partial charge is 0.411 e. The van der Waals surface area contributed by atoms with E-state index in [4.69, 9.17) is 16.0 Å². The van der Waals surface area contributed by atoms with Gasteiger partial charge in [0.15, 0.2) is 0 Å². The predicted molar refractivity (Wildman–Crippen MR) is 95.1 cm³/mol. The molecule has 1 amide bonds. The van der Waals surface area contributed by atoms with Crippen molar-refractivity contribution in [1.29, 1.82) is 0 Å².